The van der Waals surface area contributed by atoms with Crippen LogP contribution < -0.4 is 14.8 Å². The molecule has 1 aliphatic heterocycles. The molecule has 148 valence electrons. The first-order chi connectivity index (χ1) is 12.2. The number of halogens is 1. The highest BCUT2D eigenvalue weighted by atomic mass is 35.5. The Bertz CT molecular complexity index is 548. The molecule has 0 radical (unpaired) electrons. The number of carbonyl (C=O) groups is 1. The summed E-state index contributed by atoms with van der Waals surface area (Å²) in [5.41, 5.74) is 0.680. The molecule has 1 aromatic rings. The van der Waals surface area contributed by atoms with Gasteiger partial charge in [0.25, 0.3) is 5.91 Å². The molecular formula is C20H33ClN2O3. The second-order valence-corrected chi connectivity index (χ2v) is 6.42. The third-order valence-electron chi connectivity index (χ3n) is 4.43. The van der Waals surface area contributed by atoms with E-state index in [2.05, 4.69) is 19.2 Å². The third kappa shape index (κ3) is 6.06. The largest absolute Gasteiger partial charge is 0.490 e. The number of nitrogens with zero attached hydrogens (tertiary/aromatic N) is 1. The van der Waals surface area contributed by atoms with Crippen molar-refractivity contribution in [2.24, 2.45) is 0 Å². The van der Waals surface area contributed by atoms with Gasteiger partial charge in [-0.2, -0.15) is 0 Å². The SMILES string of the molecule is CCCOc1ccc(C(=O)N(CCC)C2CCNCC2)cc1OCC.Cl. The third-order valence-corrected chi connectivity index (χ3v) is 4.43. The van der Waals surface area contributed by atoms with E-state index in [1.165, 1.54) is 0 Å². The summed E-state index contributed by atoms with van der Waals surface area (Å²) in [6.45, 7) is 10.1. The molecule has 0 spiro atoms. The highest BCUT2D eigenvalue weighted by Crippen LogP contribution is 2.30. The molecular weight excluding hydrogens is 352 g/mol. The normalized spacial score (nSPS) is 14.4. The van der Waals surface area contributed by atoms with Gasteiger partial charge in [-0.05, 0) is 63.9 Å². The van der Waals surface area contributed by atoms with E-state index in [0.717, 1.165) is 45.3 Å². The fraction of sp³-hybridized carbons (Fsp3) is 0.650. The first-order valence-corrected chi connectivity index (χ1v) is 9.62. The first-order valence-electron chi connectivity index (χ1n) is 9.62. The minimum Gasteiger partial charge on any atom is -0.490 e. The fourth-order valence-corrected chi connectivity index (χ4v) is 3.22. The minimum absolute atomic E-state index is 0. The smallest absolute Gasteiger partial charge is 0.254 e. The van der Waals surface area contributed by atoms with Crippen molar-refractivity contribution in [3.63, 3.8) is 0 Å². The van der Waals surface area contributed by atoms with Crippen molar-refractivity contribution in [3.05, 3.63) is 23.8 Å². The topological polar surface area (TPSA) is 50.8 Å². The monoisotopic (exact) mass is 384 g/mol. The highest BCUT2D eigenvalue weighted by molar-refractivity contribution is 5.95. The number of rotatable bonds is 9. The van der Waals surface area contributed by atoms with Crippen LogP contribution in [-0.2, 0) is 0 Å². The molecule has 1 amide bonds. The molecule has 5 nitrogen and oxygen atoms in total. The Balaban J connectivity index is 0.00000338. The van der Waals surface area contributed by atoms with E-state index in [0.29, 0.717) is 36.3 Å². The van der Waals surface area contributed by atoms with Crippen molar-refractivity contribution >= 4 is 18.3 Å². The summed E-state index contributed by atoms with van der Waals surface area (Å²) in [5, 5.41) is 3.37. The highest BCUT2D eigenvalue weighted by Gasteiger charge is 2.26. The molecule has 1 aliphatic rings. The molecule has 2 rings (SSSR count). The number of piperidine rings is 1. The molecule has 1 saturated heterocycles. The van der Waals surface area contributed by atoms with Crippen LogP contribution in [0.3, 0.4) is 0 Å². The van der Waals surface area contributed by atoms with Crippen molar-refractivity contribution in [2.75, 3.05) is 32.8 Å². The van der Waals surface area contributed by atoms with Gasteiger partial charge in [-0.25, -0.2) is 0 Å². The van der Waals surface area contributed by atoms with E-state index in [1.54, 1.807) is 0 Å². The van der Waals surface area contributed by atoms with Crippen molar-refractivity contribution in [2.45, 2.75) is 52.5 Å². The summed E-state index contributed by atoms with van der Waals surface area (Å²) in [6, 6.07) is 5.88. The Morgan fingerprint density at radius 3 is 2.46 bits per heavy atom. The summed E-state index contributed by atoms with van der Waals surface area (Å²) in [5.74, 6) is 1.46. The molecule has 0 aromatic heterocycles. The van der Waals surface area contributed by atoms with Crippen LogP contribution in [0.4, 0.5) is 0 Å². The molecule has 0 unspecified atom stereocenters. The maximum Gasteiger partial charge on any atom is 0.254 e. The van der Waals surface area contributed by atoms with Gasteiger partial charge in [-0.1, -0.05) is 13.8 Å². The number of ether oxygens (including phenoxy) is 2. The molecule has 1 heterocycles. The average Bonchev–Trinajstić information content (AvgIpc) is 2.65. The van der Waals surface area contributed by atoms with Gasteiger partial charge < -0.3 is 19.7 Å². The maximum absolute atomic E-state index is 13.1. The lowest BCUT2D eigenvalue weighted by atomic mass is 10.0. The molecule has 0 bridgehead atoms. The zero-order chi connectivity index (χ0) is 18.1. The van der Waals surface area contributed by atoms with Crippen LogP contribution in [0.15, 0.2) is 18.2 Å². The van der Waals surface area contributed by atoms with Gasteiger partial charge in [0, 0.05) is 18.2 Å². The van der Waals surface area contributed by atoms with Crippen LogP contribution in [-0.4, -0.2) is 49.7 Å². The Kier molecular flexibility index (Phi) is 10.4. The minimum atomic E-state index is 0. The summed E-state index contributed by atoms with van der Waals surface area (Å²) >= 11 is 0. The van der Waals surface area contributed by atoms with E-state index >= 15 is 0 Å². The number of amides is 1. The zero-order valence-corrected chi connectivity index (χ0v) is 17.1. The first kappa shape index (κ1) is 22.6. The Morgan fingerprint density at radius 2 is 1.85 bits per heavy atom. The zero-order valence-electron chi connectivity index (χ0n) is 16.3. The molecule has 0 atom stereocenters. The molecule has 1 aromatic carbocycles. The lowest BCUT2D eigenvalue weighted by Gasteiger charge is -2.34. The van der Waals surface area contributed by atoms with Crippen LogP contribution in [0.1, 0.15) is 56.8 Å². The lowest BCUT2D eigenvalue weighted by Crippen LogP contribution is -2.46. The van der Waals surface area contributed by atoms with Crippen LogP contribution >= 0.6 is 12.4 Å². The van der Waals surface area contributed by atoms with Crippen LogP contribution in [0.5, 0.6) is 11.5 Å². The van der Waals surface area contributed by atoms with E-state index in [1.807, 2.05) is 30.0 Å². The van der Waals surface area contributed by atoms with E-state index in [9.17, 15) is 4.79 Å². The Hall–Kier alpha value is -1.46. The van der Waals surface area contributed by atoms with Gasteiger partial charge in [0.05, 0.1) is 13.2 Å². The number of carbonyl (C=O) groups excluding carboxylic acids is 1. The fourth-order valence-electron chi connectivity index (χ4n) is 3.22. The van der Waals surface area contributed by atoms with Gasteiger partial charge in [0.15, 0.2) is 11.5 Å². The summed E-state index contributed by atoms with van der Waals surface area (Å²) in [7, 11) is 0. The summed E-state index contributed by atoms with van der Waals surface area (Å²) in [6.07, 6.45) is 3.93. The number of hydrogen-bond donors (Lipinski definition) is 1. The number of nitrogens with one attached hydrogen (secondary N) is 1. The van der Waals surface area contributed by atoms with Crippen LogP contribution in [0, 0.1) is 0 Å². The number of hydrogen-bond acceptors (Lipinski definition) is 4. The van der Waals surface area contributed by atoms with Gasteiger partial charge >= 0.3 is 0 Å². The Labute approximate surface area is 163 Å². The predicted molar refractivity (Wildman–Crippen MR) is 108 cm³/mol. The standard InChI is InChI=1S/C20H32N2O3.ClH/c1-4-13-22(17-9-11-21-12-10-17)20(23)16-7-8-18(25-14-5-2)19(15-16)24-6-3;/h7-8,15,17,21H,4-6,9-14H2,1-3H3;1H. The number of benzene rings is 1. The van der Waals surface area contributed by atoms with Crippen LogP contribution in [0.25, 0.3) is 0 Å². The van der Waals surface area contributed by atoms with E-state index in [-0.39, 0.29) is 18.3 Å². The molecule has 1 fully saturated rings. The van der Waals surface area contributed by atoms with Crippen LogP contribution in [0.2, 0.25) is 0 Å². The molecule has 0 saturated carbocycles. The molecule has 6 heteroatoms. The average molecular weight is 385 g/mol. The second kappa shape index (κ2) is 12.0. The van der Waals surface area contributed by atoms with Crippen molar-refractivity contribution in [3.8, 4) is 11.5 Å². The van der Waals surface area contributed by atoms with Crippen molar-refractivity contribution in [1.82, 2.24) is 10.2 Å². The molecule has 1 N–H and O–H groups in total. The predicted octanol–water partition coefficient (Wildman–Crippen LogP) is 3.90. The van der Waals surface area contributed by atoms with Crippen molar-refractivity contribution in [1.29, 1.82) is 0 Å². The maximum atomic E-state index is 13.1. The van der Waals surface area contributed by atoms with E-state index in [4.69, 9.17) is 9.47 Å². The Morgan fingerprint density at radius 1 is 1.12 bits per heavy atom. The summed E-state index contributed by atoms with van der Waals surface area (Å²) in [4.78, 5) is 15.2. The molecule has 0 aliphatic carbocycles. The van der Waals surface area contributed by atoms with Gasteiger partial charge in [0.1, 0.15) is 0 Å². The van der Waals surface area contributed by atoms with Crippen molar-refractivity contribution < 1.29 is 14.3 Å². The van der Waals surface area contributed by atoms with Gasteiger partial charge in [0.2, 0.25) is 0 Å². The second-order valence-electron chi connectivity index (χ2n) is 6.42. The van der Waals surface area contributed by atoms with Gasteiger partial charge in [-0.15, -0.1) is 12.4 Å². The van der Waals surface area contributed by atoms with E-state index < -0.39 is 0 Å². The quantitative estimate of drug-likeness (QED) is 0.701. The van der Waals surface area contributed by atoms with Gasteiger partial charge in [-0.3, -0.25) is 4.79 Å². The molecule has 26 heavy (non-hydrogen) atoms. The lowest BCUT2D eigenvalue weighted by molar-refractivity contribution is 0.0642. The summed E-state index contributed by atoms with van der Waals surface area (Å²) < 4.78 is 11.4.